The monoisotopic (exact) mass is 344 g/mol. The zero-order chi connectivity index (χ0) is 12.1. The van der Waals surface area contributed by atoms with E-state index in [1.807, 2.05) is 0 Å². The average Bonchev–Trinajstić information content (AvgIpc) is 2.84. The molecule has 0 nitrogen and oxygen atoms in total. The Morgan fingerprint density at radius 3 is 2.33 bits per heavy atom. The Hall–Kier alpha value is -1.09. The summed E-state index contributed by atoms with van der Waals surface area (Å²) in [5.41, 5.74) is 3.13. The lowest BCUT2D eigenvalue weighted by Crippen LogP contribution is -1.87. The fourth-order valence-corrected chi connectivity index (χ4v) is 3.91. The van der Waals surface area contributed by atoms with Crippen molar-refractivity contribution in [1.82, 2.24) is 0 Å². The Bertz CT molecular complexity index is 771. The van der Waals surface area contributed by atoms with Crippen molar-refractivity contribution in [3.05, 3.63) is 57.2 Å². The highest BCUT2D eigenvalue weighted by Crippen LogP contribution is 2.34. The van der Waals surface area contributed by atoms with E-state index in [2.05, 4.69) is 65.1 Å². The minimum absolute atomic E-state index is 1.26. The van der Waals surface area contributed by atoms with Gasteiger partial charge in [0.2, 0.25) is 0 Å². The van der Waals surface area contributed by atoms with Crippen LogP contribution in [0.5, 0.6) is 0 Å². The quantitative estimate of drug-likeness (QED) is 0.394. The molecule has 1 aliphatic rings. The Balaban J connectivity index is 2.22. The molecule has 0 saturated carbocycles. The molecule has 0 aliphatic heterocycles. The van der Waals surface area contributed by atoms with Crippen LogP contribution < -0.4 is 0 Å². The maximum absolute atomic E-state index is 2.47. The molecule has 0 aromatic heterocycles. The van der Waals surface area contributed by atoms with Gasteiger partial charge < -0.3 is 0 Å². The third-order valence-electron chi connectivity index (χ3n) is 4.02. The second kappa shape index (κ2) is 3.95. The van der Waals surface area contributed by atoms with Crippen LogP contribution in [0.1, 0.15) is 17.5 Å². The Labute approximate surface area is 120 Å². The van der Waals surface area contributed by atoms with Gasteiger partial charge in [-0.3, -0.25) is 0 Å². The molecule has 0 bridgehead atoms. The normalized spacial score (nSPS) is 14.3. The van der Waals surface area contributed by atoms with Gasteiger partial charge >= 0.3 is 0 Å². The van der Waals surface area contributed by atoms with Crippen LogP contribution in [0.25, 0.3) is 21.5 Å². The molecule has 0 saturated heterocycles. The molecule has 0 atom stereocenters. The second-order valence-corrected chi connectivity index (χ2v) is 6.26. The topological polar surface area (TPSA) is 0 Å². The smallest absolute Gasteiger partial charge is 0.0215 e. The lowest BCUT2D eigenvalue weighted by Gasteiger charge is -2.09. The van der Waals surface area contributed by atoms with E-state index >= 15 is 0 Å². The van der Waals surface area contributed by atoms with E-state index in [0.29, 0.717) is 0 Å². The summed E-state index contributed by atoms with van der Waals surface area (Å²) < 4.78 is 1.37. The largest absolute Gasteiger partial charge is 0.0616 e. The Morgan fingerprint density at radius 1 is 0.778 bits per heavy atom. The molecule has 0 heterocycles. The summed E-state index contributed by atoms with van der Waals surface area (Å²) in [7, 11) is 0. The maximum atomic E-state index is 2.47. The van der Waals surface area contributed by atoms with Crippen LogP contribution >= 0.6 is 22.6 Å². The summed E-state index contributed by atoms with van der Waals surface area (Å²) in [5.74, 6) is 0. The lowest BCUT2D eigenvalue weighted by atomic mass is 9.98. The fraction of sp³-hybridized carbons (Fsp3) is 0.176. The molecule has 0 N–H and O–H groups in total. The van der Waals surface area contributed by atoms with Crippen molar-refractivity contribution in [3.8, 4) is 0 Å². The van der Waals surface area contributed by atoms with Crippen molar-refractivity contribution in [1.29, 1.82) is 0 Å². The summed E-state index contributed by atoms with van der Waals surface area (Å²) >= 11 is 2.47. The second-order valence-electron chi connectivity index (χ2n) is 5.10. The predicted molar refractivity (Wildman–Crippen MR) is 86.2 cm³/mol. The summed E-state index contributed by atoms with van der Waals surface area (Å²) in [5, 5.41) is 5.60. The van der Waals surface area contributed by atoms with E-state index in [1.165, 1.54) is 44.4 Å². The first-order valence-corrected chi connectivity index (χ1v) is 7.53. The van der Waals surface area contributed by atoms with Gasteiger partial charge in [0.1, 0.15) is 0 Å². The first-order valence-electron chi connectivity index (χ1n) is 6.46. The molecule has 88 valence electrons. The van der Waals surface area contributed by atoms with E-state index in [-0.39, 0.29) is 0 Å². The minimum Gasteiger partial charge on any atom is -0.0616 e. The van der Waals surface area contributed by atoms with Gasteiger partial charge in [-0.15, -0.1) is 0 Å². The summed E-state index contributed by atoms with van der Waals surface area (Å²) in [6.07, 6.45) is 3.83. The van der Waals surface area contributed by atoms with Gasteiger partial charge in [0.25, 0.3) is 0 Å². The van der Waals surface area contributed by atoms with Gasteiger partial charge in [-0.1, -0.05) is 30.3 Å². The average molecular weight is 344 g/mol. The third-order valence-corrected chi connectivity index (χ3v) is 4.91. The molecule has 0 radical (unpaired) electrons. The molecule has 3 aromatic carbocycles. The first kappa shape index (κ1) is 10.8. The molecular weight excluding hydrogens is 331 g/mol. The lowest BCUT2D eigenvalue weighted by molar-refractivity contribution is 0.912. The van der Waals surface area contributed by atoms with Crippen LogP contribution in [0.2, 0.25) is 0 Å². The van der Waals surface area contributed by atoms with Crippen molar-refractivity contribution < 1.29 is 0 Å². The zero-order valence-corrected chi connectivity index (χ0v) is 12.2. The van der Waals surface area contributed by atoms with E-state index in [1.54, 1.807) is 11.1 Å². The Morgan fingerprint density at radius 2 is 1.50 bits per heavy atom. The van der Waals surface area contributed by atoms with Crippen molar-refractivity contribution >= 4 is 44.1 Å². The molecule has 1 aliphatic carbocycles. The Kier molecular flexibility index (Phi) is 2.37. The van der Waals surface area contributed by atoms with Crippen LogP contribution in [0.4, 0.5) is 0 Å². The van der Waals surface area contributed by atoms with Crippen molar-refractivity contribution in [2.45, 2.75) is 19.3 Å². The van der Waals surface area contributed by atoms with E-state index < -0.39 is 0 Å². The highest BCUT2D eigenvalue weighted by Gasteiger charge is 2.14. The molecule has 0 amide bonds. The molecule has 0 fully saturated rings. The van der Waals surface area contributed by atoms with Crippen LogP contribution in [-0.2, 0) is 12.8 Å². The number of benzene rings is 3. The van der Waals surface area contributed by atoms with Crippen molar-refractivity contribution in [2.24, 2.45) is 0 Å². The fourth-order valence-electron chi connectivity index (χ4n) is 3.13. The van der Waals surface area contributed by atoms with E-state index in [9.17, 15) is 0 Å². The minimum atomic E-state index is 1.26. The van der Waals surface area contributed by atoms with Crippen LogP contribution in [0, 0.1) is 3.57 Å². The zero-order valence-electron chi connectivity index (χ0n) is 10.0. The molecular formula is C17H13I. The number of hydrogen-bond donors (Lipinski definition) is 0. The van der Waals surface area contributed by atoms with E-state index in [4.69, 9.17) is 0 Å². The highest BCUT2D eigenvalue weighted by molar-refractivity contribution is 14.1. The molecule has 3 aromatic rings. The molecule has 0 spiro atoms. The summed E-state index contributed by atoms with van der Waals surface area (Å²) in [6, 6.07) is 15.9. The third kappa shape index (κ3) is 1.50. The van der Waals surface area contributed by atoms with Crippen LogP contribution in [0.15, 0.2) is 42.5 Å². The van der Waals surface area contributed by atoms with Crippen molar-refractivity contribution in [2.75, 3.05) is 0 Å². The number of fused-ring (bicyclic) bond motifs is 4. The van der Waals surface area contributed by atoms with Gasteiger partial charge in [-0.05, 0) is 86.7 Å². The van der Waals surface area contributed by atoms with Gasteiger partial charge in [0.05, 0.1) is 0 Å². The molecule has 4 rings (SSSR count). The van der Waals surface area contributed by atoms with Gasteiger partial charge in [0.15, 0.2) is 0 Å². The van der Waals surface area contributed by atoms with Gasteiger partial charge in [-0.2, -0.15) is 0 Å². The number of halogens is 1. The van der Waals surface area contributed by atoms with Gasteiger partial charge in [-0.25, -0.2) is 0 Å². The molecule has 18 heavy (non-hydrogen) atoms. The van der Waals surface area contributed by atoms with E-state index in [0.717, 1.165) is 0 Å². The van der Waals surface area contributed by atoms with Crippen LogP contribution in [-0.4, -0.2) is 0 Å². The predicted octanol–water partition coefficient (Wildman–Crippen LogP) is 5.09. The van der Waals surface area contributed by atoms with Gasteiger partial charge in [0, 0.05) is 3.57 Å². The van der Waals surface area contributed by atoms with Crippen LogP contribution in [0.3, 0.4) is 0 Å². The summed E-state index contributed by atoms with van der Waals surface area (Å²) in [4.78, 5) is 0. The number of rotatable bonds is 0. The van der Waals surface area contributed by atoms with Crippen molar-refractivity contribution in [3.63, 3.8) is 0 Å². The summed E-state index contributed by atoms with van der Waals surface area (Å²) in [6.45, 7) is 0. The molecule has 0 unspecified atom stereocenters. The number of aryl methyl sites for hydroxylation is 2. The molecule has 1 heteroatoms. The standard InChI is InChI=1S/C17H13I/c18-17-10-13-4-1-2-7-14(13)15-8-11-5-3-6-12(11)9-16(15)17/h1-2,4,7-10H,3,5-6H2. The maximum Gasteiger partial charge on any atom is 0.0215 e. The SMILES string of the molecule is Ic1cc2ccccc2c2cc3c(cc12)CCC3. The highest BCUT2D eigenvalue weighted by atomic mass is 127. The number of hydrogen-bond acceptors (Lipinski definition) is 0. The first-order chi connectivity index (χ1) is 8.83.